The van der Waals surface area contributed by atoms with E-state index in [1.165, 1.54) is 18.2 Å². The molecule has 0 atom stereocenters. The molecule has 3 aromatic rings. The van der Waals surface area contributed by atoms with Crippen molar-refractivity contribution < 1.29 is 9.18 Å². The Labute approximate surface area is 138 Å². The maximum absolute atomic E-state index is 13.9. The van der Waals surface area contributed by atoms with Gasteiger partial charge in [0.05, 0.1) is 10.6 Å². The van der Waals surface area contributed by atoms with Crippen molar-refractivity contribution in [1.29, 1.82) is 0 Å². The summed E-state index contributed by atoms with van der Waals surface area (Å²) in [7, 11) is 0. The highest BCUT2D eigenvalue weighted by Gasteiger charge is 2.17. The van der Waals surface area contributed by atoms with Crippen LogP contribution < -0.4 is 5.32 Å². The molecule has 0 unspecified atom stereocenters. The Balaban J connectivity index is 1.97. The molecule has 4 heteroatoms. The molecule has 0 saturated heterocycles. The van der Waals surface area contributed by atoms with Crippen LogP contribution >= 0.6 is 11.6 Å². The highest BCUT2D eigenvalue weighted by molar-refractivity contribution is 6.34. The third kappa shape index (κ3) is 3.25. The predicted octanol–water partition coefficient (Wildman–Crippen LogP) is 5.40. The first-order valence-corrected chi connectivity index (χ1v) is 7.44. The van der Waals surface area contributed by atoms with Gasteiger partial charge in [-0.3, -0.25) is 4.79 Å². The molecular weight excluding hydrogens is 313 g/mol. The van der Waals surface area contributed by atoms with Gasteiger partial charge in [-0.15, -0.1) is 0 Å². The van der Waals surface area contributed by atoms with Gasteiger partial charge in [0.25, 0.3) is 5.91 Å². The number of anilines is 1. The van der Waals surface area contributed by atoms with Crippen molar-refractivity contribution >= 4 is 23.2 Å². The Morgan fingerprint density at radius 3 is 2.30 bits per heavy atom. The number of carbonyl (C=O) groups is 1. The van der Waals surface area contributed by atoms with Gasteiger partial charge in [-0.25, -0.2) is 4.39 Å². The SMILES string of the molecule is O=C(Nc1ccccc1-c1ccccc1)c1c(F)cccc1Cl. The normalized spacial score (nSPS) is 10.3. The van der Waals surface area contributed by atoms with Crippen LogP contribution in [0, 0.1) is 5.82 Å². The molecule has 0 radical (unpaired) electrons. The highest BCUT2D eigenvalue weighted by Crippen LogP contribution is 2.29. The first-order chi connectivity index (χ1) is 11.2. The van der Waals surface area contributed by atoms with Crippen LogP contribution in [0.3, 0.4) is 0 Å². The number of para-hydroxylation sites is 1. The Hall–Kier alpha value is -2.65. The van der Waals surface area contributed by atoms with Gasteiger partial charge in [0, 0.05) is 11.3 Å². The van der Waals surface area contributed by atoms with Gasteiger partial charge in [0.15, 0.2) is 0 Å². The fourth-order valence-electron chi connectivity index (χ4n) is 2.36. The van der Waals surface area contributed by atoms with Gasteiger partial charge in [-0.1, -0.05) is 66.2 Å². The number of amides is 1. The summed E-state index contributed by atoms with van der Waals surface area (Å²) in [6.07, 6.45) is 0. The lowest BCUT2D eigenvalue weighted by Crippen LogP contribution is -2.15. The van der Waals surface area contributed by atoms with Crippen LogP contribution in [0.1, 0.15) is 10.4 Å². The number of benzene rings is 3. The molecule has 0 aromatic heterocycles. The van der Waals surface area contributed by atoms with E-state index in [-0.39, 0.29) is 10.6 Å². The minimum Gasteiger partial charge on any atom is -0.321 e. The van der Waals surface area contributed by atoms with Crippen molar-refractivity contribution in [2.75, 3.05) is 5.32 Å². The number of hydrogen-bond acceptors (Lipinski definition) is 1. The molecule has 114 valence electrons. The summed E-state index contributed by atoms with van der Waals surface area (Å²) in [6, 6.07) is 21.2. The molecule has 3 rings (SSSR count). The van der Waals surface area contributed by atoms with E-state index in [9.17, 15) is 9.18 Å². The van der Waals surface area contributed by atoms with Crippen molar-refractivity contribution in [3.05, 3.63) is 89.2 Å². The Bertz CT molecular complexity index is 829. The third-order valence-electron chi connectivity index (χ3n) is 3.45. The molecule has 0 bridgehead atoms. The zero-order chi connectivity index (χ0) is 16.2. The molecule has 0 aliphatic heterocycles. The maximum atomic E-state index is 13.9. The number of nitrogens with one attached hydrogen (secondary N) is 1. The van der Waals surface area contributed by atoms with Gasteiger partial charge < -0.3 is 5.32 Å². The largest absolute Gasteiger partial charge is 0.321 e. The summed E-state index contributed by atoms with van der Waals surface area (Å²) >= 11 is 5.95. The number of carbonyl (C=O) groups excluding carboxylic acids is 1. The van der Waals surface area contributed by atoms with E-state index in [0.29, 0.717) is 5.69 Å². The summed E-state index contributed by atoms with van der Waals surface area (Å²) in [5.74, 6) is -1.22. The van der Waals surface area contributed by atoms with Crippen molar-refractivity contribution in [1.82, 2.24) is 0 Å². The number of rotatable bonds is 3. The lowest BCUT2D eigenvalue weighted by atomic mass is 10.0. The zero-order valence-electron chi connectivity index (χ0n) is 12.1. The van der Waals surface area contributed by atoms with Crippen LogP contribution in [-0.2, 0) is 0 Å². The molecule has 23 heavy (non-hydrogen) atoms. The molecule has 0 aliphatic carbocycles. The Morgan fingerprint density at radius 2 is 1.57 bits per heavy atom. The standard InChI is InChI=1S/C19H13ClFNO/c20-15-10-6-11-16(21)18(15)19(23)22-17-12-5-4-9-14(17)13-7-2-1-3-8-13/h1-12H,(H,22,23). The molecule has 0 spiro atoms. The van der Waals surface area contributed by atoms with E-state index in [1.54, 1.807) is 6.07 Å². The summed E-state index contributed by atoms with van der Waals surface area (Å²) < 4.78 is 13.9. The van der Waals surface area contributed by atoms with Crippen molar-refractivity contribution in [2.24, 2.45) is 0 Å². The first-order valence-electron chi connectivity index (χ1n) is 7.06. The second kappa shape index (κ2) is 6.63. The van der Waals surface area contributed by atoms with E-state index in [2.05, 4.69) is 5.32 Å². The van der Waals surface area contributed by atoms with E-state index < -0.39 is 11.7 Å². The van der Waals surface area contributed by atoms with Crippen LogP contribution in [-0.4, -0.2) is 5.91 Å². The molecule has 0 heterocycles. The average Bonchev–Trinajstić information content (AvgIpc) is 2.56. The monoisotopic (exact) mass is 325 g/mol. The van der Waals surface area contributed by atoms with Crippen molar-refractivity contribution in [3.8, 4) is 11.1 Å². The van der Waals surface area contributed by atoms with Gasteiger partial charge in [-0.05, 0) is 23.8 Å². The quantitative estimate of drug-likeness (QED) is 0.686. The first kappa shape index (κ1) is 15.3. The smallest absolute Gasteiger partial charge is 0.260 e. The molecule has 0 fully saturated rings. The van der Waals surface area contributed by atoms with Crippen molar-refractivity contribution in [2.45, 2.75) is 0 Å². The third-order valence-corrected chi connectivity index (χ3v) is 3.76. The van der Waals surface area contributed by atoms with Crippen LogP contribution in [0.25, 0.3) is 11.1 Å². The Kier molecular flexibility index (Phi) is 4.40. The predicted molar refractivity (Wildman–Crippen MR) is 91.2 cm³/mol. The molecule has 2 nitrogen and oxygen atoms in total. The molecule has 1 amide bonds. The van der Waals surface area contributed by atoms with E-state index in [1.807, 2.05) is 48.5 Å². The van der Waals surface area contributed by atoms with E-state index in [0.717, 1.165) is 11.1 Å². The van der Waals surface area contributed by atoms with Crippen LogP contribution in [0.4, 0.5) is 10.1 Å². The minimum atomic E-state index is -0.646. The van der Waals surface area contributed by atoms with Gasteiger partial charge in [-0.2, -0.15) is 0 Å². The fourth-order valence-corrected chi connectivity index (χ4v) is 2.61. The number of hydrogen-bond donors (Lipinski definition) is 1. The van der Waals surface area contributed by atoms with Crippen LogP contribution in [0.5, 0.6) is 0 Å². The highest BCUT2D eigenvalue weighted by atomic mass is 35.5. The van der Waals surface area contributed by atoms with Gasteiger partial charge in [0.2, 0.25) is 0 Å². The molecular formula is C19H13ClFNO. The molecule has 3 aromatic carbocycles. The zero-order valence-corrected chi connectivity index (χ0v) is 12.8. The van der Waals surface area contributed by atoms with Crippen LogP contribution in [0.2, 0.25) is 5.02 Å². The fraction of sp³-hybridized carbons (Fsp3) is 0. The molecule has 1 N–H and O–H groups in total. The second-order valence-corrected chi connectivity index (χ2v) is 5.37. The van der Waals surface area contributed by atoms with Gasteiger partial charge >= 0.3 is 0 Å². The lowest BCUT2D eigenvalue weighted by molar-refractivity contribution is 0.102. The molecule has 0 aliphatic rings. The minimum absolute atomic E-state index is 0.0830. The summed E-state index contributed by atoms with van der Waals surface area (Å²) in [6.45, 7) is 0. The summed E-state index contributed by atoms with van der Waals surface area (Å²) in [5.41, 5.74) is 2.26. The maximum Gasteiger partial charge on any atom is 0.260 e. The molecule has 0 saturated carbocycles. The summed E-state index contributed by atoms with van der Waals surface area (Å²) in [4.78, 5) is 12.4. The van der Waals surface area contributed by atoms with Gasteiger partial charge in [0.1, 0.15) is 5.82 Å². The Morgan fingerprint density at radius 1 is 0.870 bits per heavy atom. The average molecular weight is 326 g/mol. The van der Waals surface area contributed by atoms with E-state index in [4.69, 9.17) is 11.6 Å². The van der Waals surface area contributed by atoms with Crippen molar-refractivity contribution in [3.63, 3.8) is 0 Å². The van der Waals surface area contributed by atoms with E-state index >= 15 is 0 Å². The number of halogens is 2. The topological polar surface area (TPSA) is 29.1 Å². The second-order valence-electron chi connectivity index (χ2n) is 4.96. The van der Waals surface area contributed by atoms with Crippen LogP contribution in [0.15, 0.2) is 72.8 Å². The summed E-state index contributed by atoms with van der Waals surface area (Å²) in [5, 5.41) is 2.83. The lowest BCUT2D eigenvalue weighted by Gasteiger charge is -2.12.